The molecule has 1 fully saturated rings. The molecule has 0 saturated heterocycles. The molecule has 1 aromatic heterocycles. The molecule has 1 aromatic carbocycles. The van der Waals surface area contributed by atoms with E-state index in [4.69, 9.17) is 0 Å². The number of nitrogens with zero attached hydrogens (tertiary/aromatic N) is 3. The Hall–Kier alpha value is -1.14. The van der Waals surface area contributed by atoms with E-state index in [-0.39, 0.29) is 11.0 Å². The van der Waals surface area contributed by atoms with Crippen molar-refractivity contribution >= 4 is 33.5 Å². The first kappa shape index (κ1) is 15.7. The van der Waals surface area contributed by atoms with Crippen LogP contribution in [-0.4, -0.2) is 25.8 Å². The van der Waals surface area contributed by atoms with E-state index in [1.54, 1.807) is 0 Å². The Morgan fingerprint density at radius 3 is 2.64 bits per heavy atom. The summed E-state index contributed by atoms with van der Waals surface area (Å²) in [5.74, 6) is 1.77. The van der Waals surface area contributed by atoms with Crippen molar-refractivity contribution in [2.24, 2.45) is 0 Å². The lowest BCUT2D eigenvalue weighted by Gasteiger charge is -2.11. The van der Waals surface area contributed by atoms with Gasteiger partial charge in [0.15, 0.2) is 10.9 Å². The summed E-state index contributed by atoms with van der Waals surface area (Å²) in [4.78, 5) is 12.5. The molecule has 4 nitrogen and oxygen atoms in total. The van der Waals surface area contributed by atoms with Gasteiger partial charge < -0.3 is 4.57 Å². The number of rotatable bonds is 6. The topological polar surface area (TPSA) is 47.8 Å². The van der Waals surface area contributed by atoms with Crippen LogP contribution < -0.4 is 0 Å². The van der Waals surface area contributed by atoms with Gasteiger partial charge in [-0.2, -0.15) is 0 Å². The van der Waals surface area contributed by atoms with Gasteiger partial charge in [-0.25, -0.2) is 0 Å². The molecule has 1 atom stereocenters. The number of aromatic nitrogens is 3. The summed E-state index contributed by atoms with van der Waals surface area (Å²) in [6, 6.07) is 7.49. The highest BCUT2D eigenvalue weighted by Crippen LogP contribution is 2.40. The van der Waals surface area contributed by atoms with Crippen LogP contribution in [0.25, 0.3) is 0 Å². The zero-order valence-electron chi connectivity index (χ0n) is 12.6. The average Bonchev–Trinajstić information content (AvgIpc) is 3.29. The van der Waals surface area contributed by atoms with Crippen molar-refractivity contribution in [1.29, 1.82) is 0 Å². The molecule has 0 bridgehead atoms. The number of ketones is 1. The molecule has 22 heavy (non-hydrogen) atoms. The lowest BCUT2D eigenvalue weighted by molar-refractivity contribution is 0.0994. The molecule has 0 N–H and O–H groups in total. The van der Waals surface area contributed by atoms with E-state index in [9.17, 15) is 4.79 Å². The van der Waals surface area contributed by atoms with Crippen LogP contribution in [0, 0.1) is 0 Å². The predicted molar refractivity (Wildman–Crippen MR) is 91.5 cm³/mol. The lowest BCUT2D eigenvalue weighted by atomic mass is 10.1. The molecule has 0 spiro atoms. The van der Waals surface area contributed by atoms with Crippen molar-refractivity contribution in [2.45, 2.75) is 49.6 Å². The van der Waals surface area contributed by atoms with E-state index < -0.39 is 0 Å². The van der Waals surface area contributed by atoms with Gasteiger partial charge in [0.25, 0.3) is 0 Å². The molecule has 1 heterocycles. The fourth-order valence-electron chi connectivity index (χ4n) is 2.39. The zero-order chi connectivity index (χ0) is 15.7. The van der Waals surface area contributed by atoms with Gasteiger partial charge in [0.1, 0.15) is 5.82 Å². The fraction of sp³-hybridized carbons (Fsp3) is 0.438. The first-order valence-electron chi connectivity index (χ1n) is 7.49. The van der Waals surface area contributed by atoms with Crippen LogP contribution >= 0.6 is 27.7 Å². The Kier molecular flexibility index (Phi) is 4.68. The van der Waals surface area contributed by atoms with E-state index in [1.165, 1.54) is 24.6 Å². The summed E-state index contributed by atoms with van der Waals surface area (Å²) in [6.45, 7) is 4.88. The second-order valence-electron chi connectivity index (χ2n) is 5.49. The van der Waals surface area contributed by atoms with E-state index in [2.05, 4.69) is 37.6 Å². The Labute approximate surface area is 142 Å². The Morgan fingerprint density at radius 2 is 2.05 bits per heavy atom. The number of hydrogen-bond donors (Lipinski definition) is 0. The van der Waals surface area contributed by atoms with Gasteiger partial charge in [0.2, 0.25) is 0 Å². The van der Waals surface area contributed by atoms with Crippen molar-refractivity contribution < 1.29 is 4.79 Å². The van der Waals surface area contributed by atoms with E-state index >= 15 is 0 Å². The highest BCUT2D eigenvalue weighted by atomic mass is 79.9. The summed E-state index contributed by atoms with van der Waals surface area (Å²) in [6.07, 6.45) is 2.41. The summed E-state index contributed by atoms with van der Waals surface area (Å²) < 4.78 is 3.12. The van der Waals surface area contributed by atoms with Gasteiger partial charge >= 0.3 is 0 Å². The molecule has 1 saturated carbocycles. The van der Waals surface area contributed by atoms with Gasteiger partial charge in [0.05, 0.1) is 5.25 Å². The maximum Gasteiger partial charge on any atom is 0.191 e. The highest BCUT2D eigenvalue weighted by molar-refractivity contribution is 9.10. The van der Waals surface area contributed by atoms with Crippen LogP contribution in [0.1, 0.15) is 48.8 Å². The molecule has 6 heteroatoms. The largest absolute Gasteiger partial charge is 0.306 e. The summed E-state index contributed by atoms with van der Waals surface area (Å²) in [5.41, 5.74) is 0.730. The van der Waals surface area contributed by atoms with Crippen LogP contribution in [0.2, 0.25) is 0 Å². The zero-order valence-corrected chi connectivity index (χ0v) is 15.0. The molecule has 0 aliphatic heterocycles. The molecule has 1 aliphatic carbocycles. The minimum Gasteiger partial charge on any atom is -0.306 e. The minimum atomic E-state index is -0.178. The summed E-state index contributed by atoms with van der Waals surface area (Å²) in [7, 11) is 0. The number of halogens is 1. The molecule has 0 amide bonds. The number of Topliss-reactive ketones (excluding diaryl/α,β-unsaturated/α-hetero) is 1. The first-order valence-corrected chi connectivity index (χ1v) is 9.17. The quantitative estimate of drug-likeness (QED) is 0.554. The van der Waals surface area contributed by atoms with Crippen molar-refractivity contribution in [3.8, 4) is 0 Å². The van der Waals surface area contributed by atoms with Gasteiger partial charge in [0, 0.05) is 22.5 Å². The lowest BCUT2D eigenvalue weighted by Crippen LogP contribution is -2.14. The smallest absolute Gasteiger partial charge is 0.191 e. The number of carbonyl (C=O) groups excluding carboxylic acids is 1. The Morgan fingerprint density at radius 1 is 1.36 bits per heavy atom. The molecule has 1 aliphatic rings. The van der Waals surface area contributed by atoms with Crippen LogP contribution in [0.5, 0.6) is 0 Å². The van der Waals surface area contributed by atoms with Crippen LogP contribution in [0.15, 0.2) is 33.9 Å². The maximum absolute atomic E-state index is 12.5. The van der Waals surface area contributed by atoms with Crippen molar-refractivity contribution in [3.05, 3.63) is 40.1 Å². The maximum atomic E-state index is 12.5. The molecular formula is C16H18BrN3OS. The SMILES string of the molecule is CCn1c(S[C@H](C)C(=O)c2ccc(Br)cc2)nnc1C1CC1. The average molecular weight is 380 g/mol. The second-order valence-corrected chi connectivity index (χ2v) is 7.71. The van der Waals surface area contributed by atoms with Crippen molar-refractivity contribution in [1.82, 2.24) is 14.8 Å². The summed E-state index contributed by atoms with van der Waals surface area (Å²) >= 11 is 4.88. The highest BCUT2D eigenvalue weighted by Gasteiger charge is 2.30. The van der Waals surface area contributed by atoms with Crippen LogP contribution in [-0.2, 0) is 6.54 Å². The Bertz CT molecular complexity index is 679. The third-order valence-corrected chi connectivity index (χ3v) is 5.39. The van der Waals surface area contributed by atoms with Crippen molar-refractivity contribution in [2.75, 3.05) is 0 Å². The minimum absolute atomic E-state index is 0.121. The fourth-order valence-corrected chi connectivity index (χ4v) is 3.65. The van der Waals surface area contributed by atoms with Gasteiger partial charge in [-0.3, -0.25) is 4.79 Å². The number of thioether (sulfide) groups is 1. The monoisotopic (exact) mass is 379 g/mol. The number of carbonyl (C=O) groups is 1. The van der Waals surface area contributed by atoms with Gasteiger partial charge in [-0.15, -0.1) is 10.2 Å². The molecule has 0 unspecified atom stereocenters. The van der Waals surface area contributed by atoms with Gasteiger partial charge in [-0.05, 0) is 38.8 Å². The van der Waals surface area contributed by atoms with Crippen LogP contribution in [0.3, 0.4) is 0 Å². The molecule has 116 valence electrons. The van der Waals surface area contributed by atoms with Gasteiger partial charge in [-0.1, -0.05) is 39.8 Å². The third-order valence-electron chi connectivity index (χ3n) is 3.78. The number of benzene rings is 1. The first-order chi connectivity index (χ1) is 10.6. The molecular weight excluding hydrogens is 362 g/mol. The van der Waals surface area contributed by atoms with E-state index in [0.717, 1.165) is 27.6 Å². The van der Waals surface area contributed by atoms with Crippen molar-refractivity contribution in [3.63, 3.8) is 0 Å². The number of hydrogen-bond acceptors (Lipinski definition) is 4. The normalized spacial score (nSPS) is 15.8. The third kappa shape index (κ3) is 3.27. The Balaban J connectivity index is 1.74. The molecule has 2 aromatic rings. The van der Waals surface area contributed by atoms with E-state index in [1.807, 2.05) is 31.2 Å². The van der Waals surface area contributed by atoms with E-state index in [0.29, 0.717) is 5.92 Å². The predicted octanol–water partition coefficient (Wildman–Crippen LogP) is 4.30. The molecule has 0 radical (unpaired) electrons. The molecule has 3 rings (SSSR count). The standard InChI is InChI=1S/C16H18BrN3OS/c1-3-20-15(12-4-5-12)18-19-16(20)22-10(2)14(21)11-6-8-13(17)9-7-11/h6-10,12H,3-5H2,1-2H3/t10-/m1/s1. The van der Waals surface area contributed by atoms with Crippen LogP contribution in [0.4, 0.5) is 0 Å². The second kappa shape index (κ2) is 6.54. The summed E-state index contributed by atoms with van der Waals surface area (Å²) in [5, 5.41) is 9.29.